The minimum Gasteiger partial charge on any atom is -0.493 e. The number of aromatic nitrogens is 1. The van der Waals surface area contributed by atoms with Gasteiger partial charge in [0.05, 0.1) is 11.6 Å². The van der Waals surface area contributed by atoms with Crippen LogP contribution in [0.4, 0.5) is 5.82 Å². The average Bonchev–Trinajstić information content (AvgIpc) is 3.21. The molecule has 0 saturated heterocycles. The number of hydrogen-bond donors (Lipinski definition) is 1. The van der Waals surface area contributed by atoms with E-state index in [2.05, 4.69) is 32.5 Å². The normalized spacial score (nSPS) is 11.0. The van der Waals surface area contributed by atoms with E-state index in [-0.39, 0.29) is 11.4 Å². The number of amides is 1. The third-order valence-electron chi connectivity index (χ3n) is 4.72. The number of carbonyl (C=O) groups is 1. The van der Waals surface area contributed by atoms with Crippen LogP contribution in [0.2, 0.25) is 0 Å². The first-order chi connectivity index (χ1) is 16.3. The first-order valence-electron chi connectivity index (χ1n) is 10.4. The van der Waals surface area contributed by atoms with Gasteiger partial charge in [-0.2, -0.15) is 5.26 Å². The van der Waals surface area contributed by atoms with Gasteiger partial charge in [0.25, 0.3) is 5.91 Å². The zero-order valence-corrected chi connectivity index (χ0v) is 20.9. The number of nitrogens with zero attached hydrogens (tertiary/aromatic N) is 2. The van der Waals surface area contributed by atoms with Crippen molar-refractivity contribution < 1.29 is 23.5 Å². The first-order valence-corrected chi connectivity index (χ1v) is 11.2. The van der Waals surface area contributed by atoms with Crippen LogP contribution in [0.1, 0.15) is 22.5 Å². The summed E-state index contributed by atoms with van der Waals surface area (Å²) in [4.78, 5) is 12.4. The number of methoxy groups -OCH3 is 1. The number of anilines is 1. The average molecular weight is 526 g/mol. The van der Waals surface area contributed by atoms with Crippen LogP contribution in [0.3, 0.4) is 0 Å². The lowest BCUT2D eigenvalue weighted by atomic mass is 10.1. The summed E-state index contributed by atoms with van der Waals surface area (Å²) in [5, 5.41) is 15.7. The molecule has 3 rings (SSSR count). The van der Waals surface area contributed by atoms with E-state index in [4.69, 9.17) is 18.7 Å². The van der Waals surface area contributed by atoms with Crippen molar-refractivity contribution in [3.8, 4) is 23.3 Å². The second kappa shape index (κ2) is 11.4. The van der Waals surface area contributed by atoms with Crippen molar-refractivity contribution in [2.45, 2.75) is 20.8 Å². The van der Waals surface area contributed by atoms with Crippen LogP contribution in [0.5, 0.6) is 17.2 Å². The maximum absolute atomic E-state index is 12.4. The molecule has 176 valence electrons. The second-order valence-corrected chi connectivity index (χ2v) is 8.30. The Morgan fingerprint density at radius 2 is 1.91 bits per heavy atom. The topological polar surface area (TPSA) is 107 Å². The predicted molar refractivity (Wildman–Crippen MR) is 131 cm³/mol. The lowest BCUT2D eigenvalue weighted by molar-refractivity contribution is -0.112. The summed E-state index contributed by atoms with van der Waals surface area (Å²) in [6, 6.07) is 12.9. The SMILES string of the molecule is COc1cc(/C=C(/C#N)C(=O)Nc2cc(C)on2)cc(Br)c1OCCOc1ccc(C)cc1C. The third kappa shape index (κ3) is 6.39. The smallest absolute Gasteiger partial charge is 0.267 e. The predicted octanol–water partition coefficient (Wildman–Crippen LogP) is 5.37. The number of carbonyl (C=O) groups excluding carboxylic acids is 1. The molecule has 0 aliphatic carbocycles. The number of aryl methyl sites for hydroxylation is 3. The van der Waals surface area contributed by atoms with E-state index >= 15 is 0 Å². The lowest BCUT2D eigenvalue weighted by Gasteiger charge is -2.15. The summed E-state index contributed by atoms with van der Waals surface area (Å²) in [6.45, 7) is 6.37. The maximum atomic E-state index is 12.4. The van der Waals surface area contributed by atoms with Crippen LogP contribution < -0.4 is 19.5 Å². The maximum Gasteiger partial charge on any atom is 0.267 e. The van der Waals surface area contributed by atoms with Gasteiger partial charge < -0.3 is 24.1 Å². The number of rotatable bonds is 9. The Bertz CT molecular complexity index is 1260. The Balaban J connectivity index is 1.69. The van der Waals surface area contributed by atoms with Gasteiger partial charge in [0.2, 0.25) is 0 Å². The Hall–Kier alpha value is -3.77. The summed E-state index contributed by atoms with van der Waals surface area (Å²) < 4.78 is 22.7. The molecular formula is C25H24BrN3O5. The van der Waals surface area contributed by atoms with E-state index in [1.54, 1.807) is 25.1 Å². The highest BCUT2D eigenvalue weighted by atomic mass is 79.9. The fraction of sp³-hybridized carbons (Fsp3) is 0.240. The molecule has 34 heavy (non-hydrogen) atoms. The minimum absolute atomic E-state index is 0.106. The van der Waals surface area contributed by atoms with E-state index < -0.39 is 5.91 Å². The molecule has 0 atom stereocenters. The molecule has 1 N–H and O–H groups in total. The molecule has 0 spiro atoms. The molecule has 3 aromatic rings. The van der Waals surface area contributed by atoms with E-state index in [0.717, 1.165) is 11.3 Å². The van der Waals surface area contributed by atoms with Crippen LogP contribution >= 0.6 is 15.9 Å². The van der Waals surface area contributed by atoms with E-state index in [1.807, 2.05) is 32.0 Å². The van der Waals surface area contributed by atoms with E-state index in [0.29, 0.717) is 40.5 Å². The fourth-order valence-electron chi connectivity index (χ4n) is 3.14. The Morgan fingerprint density at radius 1 is 1.15 bits per heavy atom. The van der Waals surface area contributed by atoms with Crippen LogP contribution in [-0.2, 0) is 4.79 Å². The molecule has 1 heterocycles. The van der Waals surface area contributed by atoms with Crippen molar-refractivity contribution >= 4 is 33.7 Å². The largest absolute Gasteiger partial charge is 0.493 e. The quantitative estimate of drug-likeness (QED) is 0.227. The molecule has 0 aliphatic heterocycles. The molecule has 0 bridgehead atoms. The molecular weight excluding hydrogens is 502 g/mol. The second-order valence-electron chi connectivity index (χ2n) is 7.45. The molecule has 1 aromatic heterocycles. The number of hydrogen-bond acceptors (Lipinski definition) is 7. The van der Waals surface area contributed by atoms with E-state index in [1.165, 1.54) is 18.7 Å². The van der Waals surface area contributed by atoms with Gasteiger partial charge in [-0.25, -0.2) is 0 Å². The highest BCUT2D eigenvalue weighted by molar-refractivity contribution is 9.10. The van der Waals surface area contributed by atoms with Crippen molar-refractivity contribution in [1.82, 2.24) is 5.16 Å². The summed E-state index contributed by atoms with van der Waals surface area (Å²) >= 11 is 3.48. The summed E-state index contributed by atoms with van der Waals surface area (Å²) in [5.74, 6) is 1.91. The van der Waals surface area contributed by atoms with Crippen molar-refractivity contribution in [1.29, 1.82) is 5.26 Å². The van der Waals surface area contributed by atoms with Crippen LogP contribution in [0, 0.1) is 32.1 Å². The highest BCUT2D eigenvalue weighted by Gasteiger charge is 2.15. The van der Waals surface area contributed by atoms with Gasteiger partial charge in [-0.1, -0.05) is 22.9 Å². The van der Waals surface area contributed by atoms with Gasteiger partial charge >= 0.3 is 0 Å². The van der Waals surface area contributed by atoms with Crippen molar-refractivity contribution in [3.63, 3.8) is 0 Å². The van der Waals surface area contributed by atoms with Crippen molar-refractivity contribution in [3.05, 3.63) is 68.9 Å². The van der Waals surface area contributed by atoms with Gasteiger partial charge in [-0.05, 0) is 72.1 Å². The van der Waals surface area contributed by atoms with Gasteiger partial charge in [0.15, 0.2) is 17.3 Å². The number of ether oxygens (including phenoxy) is 3. The highest BCUT2D eigenvalue weighted by Crippen LogP contribution is 2.37. The zero-order valence-electron chi connectivity index (χ0n) is 19.3. The summed E-state index contributed by atoms with van der Waals surface area (Å²) in [5.41, 5.74) is 2.70. The molecule has 0 aliphatic rings. The van der Waals surface area contributed by atoms with Gasteiger partial charge in [0, 0.05) is 6.07 Å². The zero-order chi connectivity index (χ0) is 24.7. The Morgan fingerprint density at radius 3 is 2.56 bits per heavy atom. The minimum atomic E-state index is -0.602. The number of nitrogens with one attached hydrogen (secondary N) is 1. The van der Waals surface area contributed by atoms with Crippen LogP contribution in [0.25, 0.3) is 6.08 Å². The number of benzene rings is 2. The van der Waals surface area contributed by atoms with Crippen molar-refractivity contribution in [2.75, 3.05) is 25.6 Å². The Labute approximate surface area is 206 Å². The molecule has 0 radical (unpaired) electrons. The van der Waals surface area contributed by atoms with Crippen molar-refractivity contribution in [2.24, 2.45) is 0 Å². The van der Waals surface area contributed by atoms with Gasteiger partial charge in [0.1, 0.15) is 36.4 Å². The third-order valence-corrected chi connectivity index (χ3v) is 5.30. The van der Waals surface area contributed by atoms with E-state index in [9.17, 15) is 10.1 Å². The molecule has 8 nitrogen and oxygen atoms in total. The standard InChI is InChI=1S/C25H24BrN3O5/c1-15-5-6-21(16(2)9-15)32-7-8-33-24-20(26)12-18(13-22(24)31-4)11-19(14-27)25(30)28-23-10-17(3)34-29-23/h5-6,9-13H,7-8H2,1-4H3,(H,28,29,30)/b19-11-. The summed E-state index contributed by atoms with van der Waals surface area (Å²) in [6.07, 6.45) is 1.45. The number of nitriles is 1. The molecule has 9 heteroatoms. The fourth-order valence-corrected chi connectivity index (χ4v) is 3.72. The van der Waals surface area contributed by atoms with Crippen LogP contribution in [-0.4, -0.2) is 31.4 Å². The summed E-state index contributed by atoms with van der Waals surface area (Å²) in [7, 11) is 1.51. The molecule has 0 fully saturated rings. The Kier molecular flexibility index (Phi) is 8.33. The van der Waals surface area contributed by atoms with Gasteiger partial charge in [-0.3, -0.25) is 4.79 Å². The molecule has 0 saturated carbocycles. The monoisotopic (exact) mass is 525 g/mol. The van der Waals surface area contributed by atoms with Gasteiger partial charge in [-0.15, -0.1) is 0 Å². The molecule has 1 amide bonds. The number of halogens is 1. The molecule has 0 unspecified atom stereocenters. The van der Waals surface area contributed by atoms with Crippen LogP contribution in [0.15, 0.2) is 51.0 Å². The molecule has 2 aromatic carbocycles. The first kappa shape index (κ1) is 24.9. The lowest BCUT2D eigenvalue weighted by Crippen LogP contribution is -2.13.